The first-order valence-corrected chi connectivity index (χ1v) is 10.7. The van der Waals surface area contributed by atoms with Gasteiger partial charge in [-0.15, -0.1) is 0 Å². The summed E-state index contributed by atoms with van der Waals surface area (Å²) in [5.41, 5.74) is 7.50. The molecule has 1 heterocycles. The van der Waals surface area contributed by atoms with Crippen molar-refractivity contribution in [3.63, 3.8) is 0 Å². The van der Waals surface area contributed by atoms with Gasteiger partial charge in [0.05, 0.1) is 18.1 Å². The second-order valence-electron chi connectivity index (χ2n) is 9.49. The molecule has 0 aliphatic carbocycles. The van der Waals surface area contributed by atoms with Crippen LogP contribution >= 0.6 is 0 Å². The van der Waals surface area contributed by atoms with Crippen molar-refractivity contribution in [2.24, 2.45) is 17.1 Å². The molecule has 0 unspecified atom stereocenters. The van der Waals surface area contributed by atoms with Crippen LogP contribution in [-0.4, -0.2) is 52.7 Å². The number of hydrogen-bond donors (Lipinski definition) is 4. The molecule has 0 saturated heterocycles. The summed E-state index contributed by atoms with van der Waals surface area (Å²) in [7, 11) is 0. The molecule has 0 saturated carbocycles. The Hall–Kier alpha value is -2.45. The van der Waals surface area contributed by atoms with Gasteiger partial charge in [-0.3, -0.25) is 14.4 Å². The van der Waals surface area contributed by atoms with Crippen molar-refractivity contribution in [1.29, 1.82) is 0 Å². The molecule has 0 bridgehead atoms. The molecule has 1 aromatic carbocycles. The third-order valence-electron chi connectivity index (χ3n) is 5.79. The number of benzene rings is 1. The summed E-state index contributed by atoms with van der Waals surface area (Å²) in [6, 6.07) is 6.89. The van der Waals surface area contributed by atoms with Crippen molar-refractivity contribution in [2.75, 3.05) is 11.4 Å². The molecular weight excluding hydrogens is 398 g/mol. The smallest absolute Gasteiger partial charge is 0.306 e. The molecule has 8 nitrogen and oxygen atoms in total. The van der Waals surface area contributed by atoms with E-state index in [1.54, 1.807) is 4.90 Å². The molecule has 1 aliphatic rings. The van der Waals surface area contributed by atoms with Crippen molar-refractivity contribution in [3.05, 3.63) is 29.8 Å². The highest BCUT2D eigenvalue weighted by Crippen LogP contribution is 2.33. The molecule has 8 heteroatoms. The normalized spacial score (nSPS) is 19.2. The average Bonchev–Trinajstić information content (AvgIpc) is 2.65. The highest BCUT2D eigenvalue weighted by molar-refractivity contribution is 5.95. The number of nitrogens with one attached hydrogen (secondary N) is 1. The summed E-state index contributed by atoms with van der Waals surface area (Å²) in [5, 5.41) is 22.3. The predicted molar refractivity (Wildman–Crippen MR) is 119 cm³/mol. The molecule has 0 fully saturated rings. The van der Waals surface area contributed by atoms with Gasteiger partial charge in [-0.25, -0.2) is 0 Å². The van der Waals surface area contributed by atoms with E-state index in [0.717, 1.165) is 11.3 Å². The van der Waals surface area contributed by atoms with E-state index in [1.807, 2.05) is 38.1 Å². The van der Waals surface area contributed by atoms with Crippen LogP contribution in [0.2, 0.25) is 0 Å². The second kappa shape index (κ2) is 10.2. The largest absolute Gasteiger partial charge is 0.481 e. The third kappa shape index (κ3) is 7.04. The molecule has 1 aromatic rings. The SMILES string of the molecule is CC(=O)N[C@@H]1Cc2ccccc2N(C(=O)CC(C)(C)C[C@H](N)[C@@H](O)C[C@@H](C)C(=O)O)C1. The Morgan fingerprint density at radius 1 is 1.29 bits per heavy atom. The lowest BCUT2D eigenvalue weighted by molar-refractivity contribution is -0.142. The van der Waals surface area contributed by atoms with Crippen LogP contribution in [0, 0.1) is 11.3 Å². The van der Waals surface area contributed by atoms with Crippen LogP contribution in [0.4, 0.5) is 5.69 Å². The summed E-state index contributed by atoms with van der Waals surface area (Å²) in [6.45, 7) is 7.23. The zero-order chi connectivity index (χ0) is 23.3. The van der Waals surface area contributed by atoms with E-state index in [1.165, 1.54) is 13.8 Å². The maximum atomic E-state index is 13.3. The summed E-state index contributed by atoms with van der Waals surface area (Å²) >= 11 is 0. The molecule has 1 aliphatic heterocycles. The number of rotatable bonds is 9. The van der Waals surface area contributed by atoms with Gasteiger partial charge >= 0.3 is 5.97 Å². The Labute approximate surface area is 183 Å². The van der Waals surface area contributed by atoms with Crippen molar-refractivity contribution in [1.82, 2.24) is 5.32 Å². The minimum absolute atomic E-state index is 0.0679. The lowest BCUT2D eigenvalue weighted by atomic mass is 9.79. The van der Waals surface area contributed by atoms with E-state index in [-0.39, 0.29) is 30.7 Å². The minimum atomic E-state index is -0.974. The van der Waals surface area contributed by atoms with Gasteiger partial charge in [0.2, 0.25) is 11.8 Å². The van der Waals surface area contributed by atoms with Crippen LogP contribution in [0.25, 0.3) is 0 Å². The zero-order valence-electron chi connectivity index (χ0n) is 18.8. The molecule has 0 radical (unpaired) electrons. The molecule has 4 atom stereocenters. The highest BCUT2D eigenvalue weighted by atomic mass is 16.4. The molecule has 2 amide bonds. The first kappa shape index (κ1) is 24.8. The number of amides is 2. The van der Waals surface area contributed by atoms with E-state index >= 15 is 0 Å². The number of carboxylic acids is 1. The van der Waals surface area contributed by atoms with Crippen molar-refractivity contribution in [3.8, 4) is 0 Å². The number of aliphatic hydroxyl groups excluding tert-OH is 1. The summed E-state index contributed by atoms with van der Waals surface area (Å²) in [4.78, 5) is 37.5. The minimum Gasteiger partial charge on any atom is -0.481 e. The molecule has 5 N–H and O–H groups in total. The summed E-state index contributed by atoms with van der Waals surface area (Å²) in [6.07, 6.45) is 0.361. The lowest BCUT2D eigenvalue weighted by Gasteiger charge is -2.37. The van der Waals surface area contributed by atoms with Crippen LogP contribution < -0.4 is 16.0 Å². The van der Waals surface area contributed by atoms with Gasteiger partial charge in [0.25, 0.3) is 0 Å². The second-order valence-corrected chi connectivity index (χ2v) is 9.49. The number of hydrogen-bond acceptors (Lipinski definition) is 5. The van der Waals surface area contributed by atoms with E-state index in [2.05, 4.69) is 5.32 Å². The van der Waals surface area contributed by atoms with Gasteiger partial charge < -0.3 is 26.2 Å². The topological polar surface area (TPSA) is 133 Å². The van der Waals surface area contributed by atoms with Crippen molar-refractivity contribution in [2.45, 2.75) is 71.6 Å². The average molecular weight is 434 g/mol. The van der Waals surface area contributed by atoms with Crippen LogP contribution in [0.15, 0.2) is 24.3 Å². The number of carbonyl (C=O) groups is 3. The van der Waals surface area contributed by atoms with Gasteiger partial charge in [-0.2, -0.15) is 0 Å². The number of carboxylic acid groups (broad SMARTS) is 1. The molecule has 172 valence electrons. The quantitative estimate of drug-likeness (QED) is 0.468. The fourth-order valence-electron chi connectivity index (χ4n) is 4.20. The Morgan fingerprint density at radius 3 is 2.55 bits per heavy atom. The van der Waals surface area contributed by atoms with Gasteiger partial charge in [0.15, 0.2) is 0 Å². The number of aliphatic carboxylic acids is 1. The first-order chi connectivity index (χ1) is 14.4. The fourth-order valence-corrected chi connectivity index (χ4v) is 4.20. The fraction of sp³-hybridized carbons (Fsp3) is 0.609. The van der Waals surface area contributed by atoms with E-state index in [0.29, 0.717) is 19.4 Å². The zero-order valence-corrected chi connectivity index (χ0v) is 18.8. The standard InChI is InChI=1S/C23H35N3O5/c1-14(22(30)31)9-20(28)18(24)11-23(3,4)12-21(29)26-13-17(25-15(2)27)10-16-7-5-6-8-19(16)26/h5-8,14,17-18,20,28H,9-13,24H2,1-4H3,(H,25,27)(H,30,31)/t14-,17-,18+,20+/m1/s1. The number of fused-ring (bicyclic) bond motifs is 1. The van der Waals surface area contributed by atoms with Crippen molar-refractivity contribution < 1.29 is 24.6 Å². The molecule has 0 aromatic heterocycles. The number of anilines is 1. The van der Waals surface area contributed by atoms with Gasteiger partial charge in [0.1, 0.15) is 0 Å². The van der Waals surface area contributed by atoms with E-state index in [4.69, 9.17) is 10.8 Å². The Morgan fingerprint density at radius 2 is 1.94 bits per heavy atom. The Kier molecular flexibility index (Phi) is 8.20. The van der Waals surface area contributed by atoms with E-state index < -0.39 is 29.4 Å². The molecule has 31 heavy (non-hydrogen) atoms. The molecular formula is C23H35N3O5. The Bertz CT molecular complexity index is 810. The predicted octanol–water partition coefficient (Wildman–Crippen LogP) is 1.69. The molecule has 0 spiro atoms. The third-order valence-corrected chi connectivity index (χ3v) is 5.79. The summed E-state index contributed by atoms with van der Waals surface area (Å²) < 4.78 is 0. The monoisotopic (exact) mass is 433 g/mol. The van der Waals surface area contributed by atoms with Crippen molar-refractivity contribution >= 4 is 23.5 Å². The maximum Gasteiger partial charge on any atom is 0.306 e. The van der Waals surface area contributed by atoms with Gasteiger partial charge in [-0.1, -0.05) is 39.0 Å². The highest BCUT2D eigenvalue weighted by Gasteiger charge is 2.34. The van der Waals surface area contributed by atoms with Gasteiger partial charge in [0, 0.05) is 31.6 Å². The number of para-hydroxylation sites is 1. The van der Waals surface area contributed by atoms with E-state index in [9.17, 15) is 19.5 Å². The first-order valence-electron chi connectivity index (χ1n) is 10.7. The van der Waals surface area contributed by atoms with Gasteiger partial charge in [-0.05, 0) is 36.3 Å². The van der Waals surface area contributed by atoms with Crippen LogP contribution in [0.3, 0.4) is 0 Å². The van der Waals surface area contributed by atoms with Crippen LogP contribution in [0.5, 0.6) is 0 Å². The number of nitrogens with two attached hydrogens (primary N) is 1. The Balaban J connectivity index is 2.07. The number of aliphatic hydroxyl groups is 1. The van der Waals surface area contributed by atoms with Crippen LogP contribution in [0.1, 0.15) is 52.5 Å². The lowest BCUT2D eigenvalue weighted by Crippen LogP contribution is -2.50. The summed E-state index contributed by atoms with van der Waals surface area (Å²) in [5.74, 6) is -1.87. The number of nitrogens with zero attached hydrogens (tertiary/aromatic N) is 1. The molecule has 2 rings (SSSR count). The van der Waals surface area contributed by atoms with Crippen LogP contribution in [-0.2, 0) is 20.8 Å². The number of carbonyl (C=O) groups excluding carboxylic acids is 2. The maximum absolute atomic E-state index is 13.3.